The van der Waals surface area contributed by atoms with Gasteiger partial charge in [0.05, 0.1) is 24.2 Å². The summed E-state index contributed by atoms with van der Waals surface area (Å²) in [6.45, 7) is 2.86. The summed E-state index contributed by atoms with van der Waals surface area (Å²) in [5.41, 5.74) is 3.19. The van der Waals surface area contributed by atoms with E-state index in [1.807, 2.05) is 42.6 Å². The topological polar surface area (TPSA) is 45.6 Å². The van der Waals surface area contributed by atoms with Crippen molar-refractivity contribution < 1.29 is 9.84 Å². The molecule has 0 radical (unpaired) electrons. The second kappa shape index (κ2) is 11.5. The highest BCUT2D eigenvalue weighted by Gasteiger charge is 2.28. The van der Waals surface area contributed by atoms with Gasteiger partial charge in [-0.05, 0) is 86.0 Å². The molecule has 1 aromatic heterocycles. The molecule has 1 saturated heterocycles. The quantitative estimate of drug-likeness (QED) is 0.490. The van der Waals surface area contributed by atoms with Crippen LogP contribution in [0.1, 0.15) is 30.4 Å². The number of likely N-dealkylation sites (tertiary alicyclic amines) is 1. The number of halogens is 1. The average Bonchev–Trinajstić information content (AvgIpc) is 2.85. The van der Waals surface area contributed by atoms with Crippen LogP contribution in [0.4, 0.5) is 0 Å². The molecule has 0 saturated carbocycles. The van der Waals surface area contributed by atoms with E-state index in [1.165, 1.54) is 10.9 Å². The largest absolute Gasteiger partial charge is 0.497 e. The monoisotopic (exact) mass is 462 g/mol. The molecule has 4 rings (SSSR count). The van der Waals surface area contributed by atoms with Crippen LogP contribution in [0.25, 0.3) is 10.9 Å². The number of piperidine rings is 1. The van der Waals surface area contributed by atoms with E-state index < -0.39 is 0 Å². The Morgan fingerprint density at radius 1 is 1.18 bits per heavy atom. The normalized spacial score (nSPS) is 18.6. The summed E-state index contributed by atoms with van der Waals surface area (Å²) in [6, 6.07) is 15.8. The van der Waals surface area contributed by atoms with Crippen molar-refractivity contribution in [3.05, 3.63) is 70.9 Å². The van der Waals surface area contributed by atoms with Crippen LogP contribution in [0.2, 0.25) is 5.02 Å². The molecule has 2 atom stereocenters. The maximum Gasteiger partial charge on any atom is 0.119 e. The van der Waals surface area contributed by atoms with Crippen LogP contribution in [0.15, 0.2) is 54.7 Å². The van der Waals surface area contributed by atoms with E-state index in [4.69, 9.17) is 16.3 Å². The number of nitrogens with zero attached hydrogens (tertiary/aromatic N) is 2. The van der Waals surface area contributed by atoms with Crippen LogP contribution in [0, 0.1) is 23.7 Å². The number of rotatable bonds is 7. The van der Waals surface area contributed by atoms with Gasteiger partial charge in [-0.2, -0.15) is 0 Å². The number of hydrogen-bond acceptors (Lipinski definition) is 4. The van der Waals surface area contributed by atoms with Gasteiger partial charge >= 0.3 is 0 Å². The van der Waals surface area contributed by atoms with Crippen molar-refractivity contribution in [2.45, 2.75) is 25.7 Å². The lowest BCUT2D eigenvalue weighted by Crippen LogP contribution is -2.42. The van der Waals surface area contributed by atoms with E-state index in [0.29, 0.717) is 23.4 Å². The average molecular weight is 463 g/mol. The molecule has 5 heteroatoms. The summed E-state index contributed by atoms with van der Waals surface area (Å²) >= 11 is 6.19. The summed E-state index contributed by atoms with van der Waals surface area (Å²) in [6.07, 6.45) is 6.22. The first-order valence-corrected chi connectivity index (χ1v) is 12.0. The molecule has 1 aliphatic heterocycles. The molecule has 0 aliphatic carbocycles. The Hall–Kier alpha value is -2.58. The summed E-state index contributed by atoms with van der Waals surface area (Å²) in [5.74, 6) is 8.15. The van der Waals surface area contributed by atoms with Gasteiger partial charge < -0.3 is 9.84 Å². The number of aliphatic hydroxyl groups is 1. The number of pyridine rings is 1. The van der Waals surface area contributed by atoms with Crippen molar-refractivity contribution in [3.63, 3.8) is 0 Å². The van der Waals surface area contributed by atoms with E-state index >= 15 is 0 Å². The first-order valence-electron chi connectivity index (χ1n) is 11.7. The fourth-order valence-corrected chi connectivity index (χ4v) is 4.96. The predicted octanol–water partition coefficient (Wildman–Crippen LogP) is 5.20. The van der Waals surface area contributed by atoms with Gasteiger partial charge in [0.15, 0.2) is 0 Å². The molecule has 172 valence electrons. The first kappa shape index (κ1) is 23.6. The SMILES string of the molecule is COc1ccc2nccc(CCC[C@@H]3CCN(CC#Cc4ccccc4Cl)C[C@@H]3CO)c2c1. The van der Waals surface area contributed by atoms with Gasteiger partial charge in [-0.1, -0.05) is 35.6 Å². The summed E-state index contributed by atoms with van der Waals surface area (Å²) in [7, 11) is 1.70. The molecule has 1 fully saturated rings. The van der Waals surface area contributed by atoms with E-state index in [9.17, 15) is 5.11 Å². The third-order valence-corrected chi connectivity index (χ3v) is 7.00. The summed E-state index contributed by atoms with van der Waals surface area (Å²) in [5, 5.41) is 11.9. The van der Waals surface area contributed by atoms with Gasteiger partial charge in [-0.3, -0.25) is 9.88 Å². The van der Waals surface area contributed by atoms with Crippen LogP contribution in [-0.2, 0) is 6.42 Å². The Kier molecular flexibility index (Phi) is 8.23. The number of ether oxygens (including phenoxy) is 1. The van der Waals surface area contributed by atoms with Crippen molar-refractivity contribution in [2.24, 2.45) is 11.8 Å². The van der Waals surface area contributed by atoms with Crippen LogP contribution in [0.5, 0.6) is 5.75 Å². The molecule has 0 spiro atoms. The molecule has 2 aromatic carbocycles. The zero-order valence-electron chi connectivity index (χ0n) is 19.1. The number of benzene rings is 2. The van der Waals surface area contributed by atoms with Crippen LogP contribution in [-0.4, -0.2) is 48.3 Å². The van der Waals surface area contributed by atoms with Gasteiger partial charge in [0.1, 0.15) is 5.75 Å². The molecule has 4 nitrogen and oxygen atoms in total. The van der Waals surface area contributed by atoms with E-state index in [2.05, 4.69) is 33.9 Å². The Bertz CT molecular complexity index is 1140. The molecule has 1 N–H and O–H groups in total. The van der Waals surface area contributed by atoms with Gasteiger partial charge in [0, 0.05) is 30.3 Å². The third kappa shape index (κ3) is 6.06. The maximum atomic E-state index is 10.0. The number of aliphatic hydroxyl groups excluding tert-OH is 1. The van der Waals surface area contributed by atoms with Gasteiger partial charge in [0.2, 0.25) is 0 Å². The van der Waals surface area contributed by atoms with Crippen molar-refractivity contribution in [2.75, 3.05) is 33.4 Å². The lowest BCUT2D eigenvalue weighted by Gasteiger charge is -2.37. The smallest absolute Gasteiger partial charge is 0.119 e. The zero-order valence-corrected chi connectivity index (χ0v) is 19.9. The fraction of sp³-hybridized carbons (Fsp3) is 0.393. The highest BCUT2D eigenvalue weighted by atomic mass is 35.5. The highest BCUT2D eigenvalue weighted by Crippen LogP contribution is 2.29. The second-order valence-corrected chi connectivity index (χ2v) is 9.16. The Morgan fingerprint density at radius 2 is 2.06 bits per heavy atom. The number of fused-ring (bicyclic) bond motifs is 1. The lowest BCUT2D eigenvalue weighted by atomic mass is 9.82. The van der Waals surface area contributed by atoms with Gasteiger partial charge in [0.25, 0.3) is 0 Å². The minimum absolute atomic E-state index is 0.231. The minimum atomic E-state index is 0.231. The lowest BCUT2D eigenvalue weighted by molar-refractivity contribution is 0.0748. The van der Waals surface area contributed by atoms with Crippen molar-refractivity contribution in [3.8, 4) is 17.6 Å². The van der Waals surface area contributed by atoms with E-state index in [-0.39, 0.29) is 6.61 Å². The fourth-order valence-electron chi connectivity index (χ4n) is 4.78. The van der Waals surface area contributed by atoms with Crippen molar-refractivity contribution in [1.29, 1.82) is 0 Å². The Labute approximate surface area is 201 Å². The number of hydrogen-bond donors (Lipinski definition) is 1. The first-order chi connectivity index (χ1) is 16.2. The molecule has 2 heterocycles. The Morgan fingerprint density at radius 3 is 2.88 bits per heavy atom. The minimum Gasteiger partial charge on any atom is -0.497 e. The summed E-state index contributed by atoms with van der Waals surface area (Å²) in [4.78, 5) is 6.84. The molecule has 0 bridgehead atoms. The van der Waals surface area contributed by atoms with Crippen molar-refractivity contribution in [1.82, 2.24) is 9.88 Å². The van der Waals surface area contributed by atoms with E-state index in [1.54, 1.807) is 7.11 Å². The zero-order chi connectivity index (χ0) is 23.0. The van der Waals surface area contributed by atoms with Crippen LogP contribution < -0.4 is 4.74 Å². The highest BCUT2D eigenvalue weighted by molar-refractivity contribution is 6.31. The van der Waals surface area contributed by atoms with Gasteiger partial charge in [-0.25, -0.2) is 0 Å². The molecular formula is C28H31ClN2O2. The third-order valence-electron chi connectivity index (χ3n) is 6.67. The summed E-state index contributed by atoms with van der Waals surface area (Å²) < 4.78 is 5.40. The van der Waals surface area contributed by atoms with E-state index in [0.717, 1.165) is 55.6 Å². The molecular weight excluding hydrogens is 432 g/mol. The predicted molar refractivity (Wildman–Crippen MR) is 135 cm³/mol. The van der Waals surface area contributed by atoms with Crippen LogP contribution in [0.3, 0.4) is 0 Å². The second-order valence-electron chi connectivity index (χ2n) is 8.75. The Balaban J connectivity index is 1.31. The van der Waals surface area contributed by atoms with Crippen molar-refractivity contribution >= 4 is 22.5 Å². The molecule has 1 aliphatic rings. The van der Waals surface area contributed by atoms with Gasteiger partial charge in [-0.15, -0.1) is 0 Å². The number of methoxy groups -OCH3 is 1. The standard InChI is InChI=1S/C28H31ClN2O2/c1-33-25-11-12-28-26(18-25)22(13-15-30-28)8-4-7-21-14-17-31(19-24(21)20-32)16-5-9-23-6-2-3-10-27(23)29/h2-3,6,10-13,15,18,21,24,32H,4,7-8,14,16-17,19-20H2,1H3/t21-,24-/m1/s1. The number of aryl methyl sites for hydroxylation is 1. The molecule has 0 unspecified atom stereocenters. The molecule has 0 amide bonds. The number of aromatic nitrogens is 1. The molecule has 3 aromatic rings. The molecule has 33 heavy (non-hydrogen) atoms. The van der Waals surface area contributed by atoms with Crippen LogP contribution >= 0.6 is 11.6 Å². The maximum absolute atomic E-state index is 10.0.